The fourth-order valence-electron chi connectivity index (χ4n) is 2.03. The van der Waals surface area contributed by atoms with Crippen LogP contribution >= 0.6 is 11.3 Å². The predicted molar refractivity (Wildman–Crippen MR) is 86.4 cm³/mol. The van der Waals surface area contributed by atoms with Crippen LogP contribution in [-0.2, 0) is 0 Å². The minimum Gasteiger partial charge on any atom is -0.480 e. The molecule has 2 amide bonds. The fraction of sp³-hybridized carbons (Fsp3) is 0.200. The van der Waals surface area contributed by atoms with Crippen molar-refractivity contribution in [1.29, 1.82) is 0 Å². The summed E-state index contributed by atoms with van der Waals surface area (Å²) in [6.45, 7) is 1.71. The summed E-state index contributed by atoms with van der Waals surface area (Å²) in [5.74, 6) is 0.671. The van der Waals surface area contributed by atoms with E-state index in [0.717, 1.165) is 5.56 Å². The van der Waals surface area contributed by atoms with Crippen LogP contribution in [0.3, 0.4) is 0 Å². The first kappa shape index (κ1) is 14.6. The van der Waals surface area contributed by atoms with Crippen LogP contribution in [0.5, 0.6) is 5.75 Å². The summed E-state index contributed by atoms with van der Waals surface area (Å²) in [4.78, 5) is 15.8. The minimum absolute atomic E-state index is 0.0981. The molecule has 1 unspecified atom stereocenters. The number of aliphatic hydroxyl groups is 1. The van der Waals surface area contributed by atoms with Gasteiger partial charge in [-0.25, -0.2) is 9.78 Å². The quantitative estimate of drug-likeness (QED) is 0.812. The van der Waals surface area contributed by atoms with Gasteiger partial charge in [-0.05, 0) is 31.2 Å². The summed E-state index contributed by atoms with van der Waals surface area (Å²) < 4.78 is 5.74. The maximum absolute atomic E-state index is 11.9. The Balaban J connectivity index is 1.71. The van der Waals surface area contributed by atoms with Gasteiger partial charge in [-0.3, -0.25) is 5.32 Å². The van der Waals surface area contributed by atoms with E-state index in [4.69, 9.17) is 4.74 Å². The number of carbonyl (C=O) groups is 1. The van der Waals surface area contributed by atoms with E-state index in [1.54, 1.807) is 36.7 Å². The van der Waals surface area contributed by atoms with Crippen molar-refractivity contribution >= 4 is 34.3 Å². The van der Waals surface area contributed by atoms with Crippen LogP contribution in [0.2, 0.25) is 0 Å². The molecule has 3 N–H and O–H groups in total. The summed E-state index contributed by atoms with van der Waals surface area (Å²) in [5, 5.41) is 17.0. The third kappa shape index (κ3) is 3.10. The van der Waals surface area contributed by atoms with E-state index in [0.29, 0.717) is 16.6 Å². The number of hydrogen-bond acceptors (Lipinski definition) is 5. The van der Waals surface area contributed by atoms with Crippen molar-refractivity contribution in [1.82, 2.24) is 4.98 Å². The van der Waals surface area contributed by atoms with Gasteiger partial charge in [0, 0.05) is 22.8 Å². The number of ether oxygens (including phenoxy) is 1. The van der Waals surface area contributed by atoms with Gasteiger partial charge in [0.1, 0.15) is 11.4 Å². The molecule has 6 nitrogen and oxygen atoms in total. The van der Waals surface area contributed by atoms with Gasteiger partial charge in [-0.2, -0.15) is 0 Å². The Kier molecular flexibility index (Phi) is 3.82. The van der Waals surface area contributed by atoms with Crippen LogP contribution in [0.15, 0.2) is 35.9 Å². The summed E-state index contributed by atoms with van der Waals surface area (Å²) in [6.07, 6.45) is 5.30. The van der Waals surface area contributed by atoms with Gasteiger partial charge >= 0.3 is 6.03 Å². The molecular weight excluding hydrogens is 302 g/mol. The smallest absolute Gasteiger partial charge is 0.325 e. The number of amides is 2. The number of hydrogen-bond donors (Lipinski definition) is 3. The molecule has 0 radical (unpaired) electrons. The molecule has 0 bridgehead atoms. The topological polar surface area (TPSA) is 83.5 Å². The number of thiazole rings is 1. The van der Waals surface area contributed by atoms with E-state index in [9.17, 15) is 9.90 Å². The molecule has 2 aromatic rings. The van der Waals surface area contributed by atoms with Crippen molar-refractivity contribution in [3.05, 3.63) is 41.4 Å². The van der Waals surface area contributed by atoms with Gasteiger partial charge < -0.3 is 15.2 Å². The van der Waals surface area contributed by atoms with Gasteiger partial charge in [-0.15, -0.1) is 11.3 Å². The second-order valence-electron chi connectivity index (χ2n) is 5.08. The average molecular weight is 317 g/mol. The Morgan fingerprint density at radius 1 is 1.45 bits per heavy atom. The Morgan fingerprint density at radius 3 is 3.05 bits per heavy atom. The van der Waals surface area contributed by atoms with Crippen LogP contribution in [-0.4, -0.2) is 28.3 Å². The first-order chi connectivity index (χ1) is 10.6. The van der Waals surface area contributed by atoms with E-state index >= 15 is 0 Å². The van der Waals surface area contributed by atoms with E-state index < -0.39 is 5.60 Å². The zero-order valence-corrected chi connectivity index (χ0v) is 12.7. The third-order valence-electron chi connectivity index (χ3n) is 3.19. The number of nitrogens with zero attached hydrogens (tertiary/aromatic N) is 1. The highest BCUT2D eigenvalue weighted by molar-refractivity contribution is 7.13. The molecule has 22 heavy (non-hydrogen) atoms. The molecule has 3 rings (SSSR count). The van der Waals surface area contributed by atoms with E-state index in [-0.39, 0.29) is 12.6 Å². The summed E-state index contributed by atoms with van der Waals surface area (Å²) in [5.41, 5.74) is 0.788. The third-order valence-corrected chi connectivity index (χ3v) is 3.88. The highest BCUT2D eigenvalue weighted by Crippen LogP contribution is 2.32. The monoisotopic (exact) mass is 317 g/mol. The Labute approximate surface area is 131 Å². The van der Waals surface area contributed by atoms with Crippen molar-refractivity contribution in [2.75, 3.05) is 17.2 Å². The second kappa shape index (κ2) is 5.78. The number of nitrogens with one attached hydrogen (secondary N) is 2. The summed E-state index contributed by atoms with van der Waals surface area (Å²) >= 11 is 1.35. The average Bonchev–Trinajstić information content (AvgIpc) is 3.00. The summed E-state index contributed by atoms with van der Waals surface area (Å²) in [7, 11) is 0. The highest BCUT2D eigenvalue weighted by atomic mass is 32.1. The molecule has 7 heteroatoms. The molecule has 1 aliphatic rings. The molecule has 114 valence electrons. The zero-order valence-electron chi connectivity index (χ0n) is 11.9. The van der Waals surface area contributed by atoms with Crippen molar-refractivity contribution in [2.24, 2.45) is 0 Å². The van der Waals surface area contributed by atoms with Crippen LogP contribution in [0.25, 0.3) is 6.08 Å². The van der Waals surface area contributed by atoms with Crippen molar-refractivity contribution in [2.45, 2.75) is 12.5 Å². The highest BCUT2D eigenvalue weighted by Gasteiger charge is 2.26. The lowest BCUT2D eigenvalue weighted by molar-refractivity contribution is 0.0641. The molecule has 1 atom stereocenters. The Morgan fingerprint density at radius 2 is 2.32 bits per heavy atom. The number of aromatic nitrogens is 1. The SMILES string of the molecule is CC1(CO)C=Cc2cc(NC(=O)Nc3nccs3)ccc2O1. The van der Waals surface area contributed by atoms with Crippen LogP contribution in [0.4, 0.5) is 15.6 Å². The van der Waals surface area contributed by atoms with E-state index in [2.05, 4.69) is 15.6 Å². The lowest BCUT2D eigenvalue weighted by atomic mass is 10.0. The van der Waals surface area contributed by atoms with E-state index in [1.807, 2.05) is 12.1 Å². The number of rotatable bonds is 3. The summed E-state index contributed by atoms with van der Waals surface area (Å²) in [6, 6.07) is 4.98. The largest absolute Gasteiger partial charge is 0.480 e. The van der Waals surface area contributed by atoms with Gasteiger partial charge in [0.25, 0.3) is 0 Å². The van der Waals surface area contributed by atoms with Crippen LogP contribution in [0, 0.1) is 0 Å². The normalized spacial score (nSPS) is 19.2. The van der Waals surface area contributed by atoms with Gasteiger partial charge in [0.2, 0.25) is 0 Å². The van der Waals surface area contributed by atoms with Crippen LogP contribution in [0.1, 0.15) is 12.5 Å². The standard InChI is InChI=1S/C15H15N3O3S/c1-15(9-19)5-4-10-8-11(2-3-12(10)21-15)17-13(20)18-14-16-6-7-22-14/h2-8,19H,9H2,1H3,(H2,16,17,18,20). The maximum atomic E-state index is 11.9. The van der Waals surface area contributed by atoms with Crippen molar-refractivity contribution in [3.8, 4) is 5.75 Å². The van der Waals surface area contributed by atoms with Crippen molar-refractivity contribution < 1.29 is 14.6 Å². The minimum atomic E-state index is -0.704. The number of benzene rings is 1. The number of fused-ring (bicyclic) bond motifs is 1. The van der Waals surface area contributed by atoms with E-state index in [1.165, 1.54) is 11.3 Å². The molecular formula is C15H15N3O3S. The Bertz CT molecular complexity index is 715. The first-order valence-electron chi connectivity index (χ1n) is 6.69. The Hall–Kier alpha value is -2.38. The molecule has 1 aromatic heterocycles. The van der Waals surface area contributed by atoms with Gasteiger partial charge in [-0.1, -0.05) is 6.08 Å². The molecule has 0 aliphatic carbocycles. The molecule has 2 heterocycles. The fourth-order valence-corrected chi connectivity index (χ4v) is 2.55. The lowest BCUT2D eigenvalue weighted by Gasteiger charge is -2.29. The van der Waals surface area contributed by atoms with Gasteiger partial charge in [0.05, 0.1) is 6.61 Å². The molecule has 0 saturated heterocycles. The number of carbonyl (C=O) groups excluding carboxylic acids is 1. The molecule has 0 saturated carbocycles. The number of aliphatic hydroxyl groups excluding tert-OH is 1. The molecule has 0 spiro atoms. The predicted octanol–water partition coefficient (Wildman–Crippen LogP) is 2.94. The van der Waals surface area contributed by atoms with Crippen LogP contribution < -0.4 is 15.4 Å². The van der Waals surface area contributed by atoms with Crippen molar-refractivity contribution in [3.63, 3.8) is 0 Å². The first-order valence-corrected chi connectivity index (χ1v) is 7.57. The molecule has 0 fully saturated rings. The molecule has 1 aromatic carbocycles. The number of anilines is 2. The van der Waals surface area contributed by atoms with Gasteiger partial charge in [0.15, 0.2) is 5.13 Å². The molecule has 1 aliphatic heterocycles. The maximum Gasteiger partial charge on any atom is 0.325 e. The second-order valence-corrected chi connectivity index (χ2v) is 5.97. The number of urea groups is 1. The lowest BCUT2D eigenvalue weighted by Crippen LogP contribution is -2.35. The zero-order chi connectivity index (χ0) is 15.6.